The standard InChI is InChI=1S/C24H19F4N5O3/c1-2-35-20-10-19-17(9-18(20)25)22(32-13-31-19)36-16-6-4-15(5-7-16)33-23(34)30-12-14-3-8-21(29-11-14)24(26,27)28/h3-11,13H,2,12H2,1H3,(H2,30,33,34). The molecule has 0 aliphatic carbocycles. The molecule has 2 aromatic heterocycles. The molecule has 36 heavy (non-hydrogen) atoms. The van der Waals surface area contributed by atoms with E-state index in [1.807, 2.05) is 0 Å². The fourth-order valence-corrected chi connectivity index (χ4v) is 3.15. The van der Waals surface area contributed by atoms with Gasteiger partial charge < -0.3 is 20.1 Å². The van der Waals surface area contributed by atoms with Gasteiger partial charge in [-0.25, -0.2) is 19.2 Å². The van der Waals surface area contributed by atoms with Gasteiger partial charge in [0.1, 0.15) is 17.8 Å². The van der Waals surface area contributed by atoms with Crippen molar-refractivity contribution < 1.29 is 31.8 Å². The molecule has 4 aromatic rings. The van der Waals surface area contributed by atoms with E-state index in [9.17, 15) is 22.4 Å². The number of nitrogens with one attached hydrogen (secondary N) is 2. The van der Waals surface area contributed by atoms with E-state index in [0.717, 1.165) is 12.3 Å². The Bertz CT molecular complexity index is 1360. The van der Waals surface area contributed by atoms with Gasteiger partial charge in [0.05, 0.1) is 17.5 Å². The lowest BCUT2D eigenvalue weighted by Gasteiger charge is -2.11. The number of hydrogen-bond donors (Lipinski definition) is 2. The summed E-state index contributed by atoms with van der Waals surface area (Å²) in [5, 5.41) is 5.49. The number of carbonyl (C=O) groups is 1. The summed E-state index contributed by atoms with van der Waals surface area (Å²) in [6.07, 6.45) is -2.18. The number of amides is 2. The number of aromatic nitrogens is 3. The van der Waals surface area contributed by atoms with E-state index in [0.29, 0.717) is 34.5 Å². The maximum atomic E-state index is 14.3. The van der Waals surface area contributed by atoms with Crippen LogP contribution in [-0.4, -0.2) is 27.6 Å². The maximum Gasteiger partial charge on any atom is 0.433 e. The lowest BCUT2D eigenvalue weighted by molar-refractivity contribution is -0.141. The molecule has 2 aromatic carbocycles. The number of pyridine rings is 1. The number of urea groups is 1. The number of halogens is 4. The molecule has 0 radical (unpaired) electrons. The van der Waals surface area contributed by atoms with Crippen LogP contribution in [0.1, 0.15) is 18.2 Å². The largest absolute Gasteiger partial charge is 0.491 e. The average molecular weight is 501 g/mol. The predicted octanol–water partition coefficient (Wildman–Crippen LogP) is 5.70. The number of alkyl halides is 3. The Kier molecular flexibility index (Phi) is 7.13. The van der Waals surface area contributed by atoms with Crippen molar-refractivity contribution in [1.29, 1.82) is 0 Å². The fraction of sp³-hybridized carbons (Fsp3) is 0.167. The van der Waals surface area contributed by atoms with Crippen molar-refractivity contribution in [2.45, 2.75) is 19.6 Å². The topological polar surface area (TPSA) is 98.3 Å². The normalized spacial score (nSPS) is 11.2. The Morgan fingerprint density at radius 1 is 1.03 bits per heavy atom. The minimum atomic E-state index is -4.52. The number of anilines is 1. The highest BCUT2D eigenvalue weighted by Crippen LogP contribution is 2.31. The molecule has 8 nitrogen and oxygen atoms in total. The molecule has 0 saturated carbocycles. The van der Waals surface area contributed by atoms with Crippen LogP contribution in [0.3, 0.4) is 0 Å². The van der Waals surface area contributed by atoms with Gasteiger partial charge >= 0.3 is 12.2 Å². The predicted molar refractivity (Wildman–Crippen MR) is 122 cm³/mol. The lowest BCUT2D eigenvalue weighted by atomic mass is 10.2. The van der Waals surface area contributed by atoms with E-state index in [1.165, 1.54) is 24.5 Å². The van der Waals surface area contributed by atoms with Gasteiger partial charge in [0.25, 0.3) is 0 Å². The van der Waals surface area contributed by atoms with Crippen LogP contribution in [0.15, 0.2) is 61.1 Å². The van der Waals surface area contributed by atoms with Gasteiger partial charge in [0, 0.05) is 24.5 Å². The van der Waals surface area contributed by atoms with Crippen LogP contribution in [0.25, 0.3) is 10.9 Å². The van der Waals surface area contributed by atoms with E-state index in [-0.39, 0.29) is 18.2 Å². The minimum absolute atomic E-state index is 0.0134. The third-order valence-electron chi connectivity index (χ3n) is 4.85. The molecule has 0 aliphatic heterocycles. The molecule has 186 valence electrons. The monoisotopic (exact) mass is 501 g/mol. The molecular weight excluding hydrogens is 482 g/mol. The maximum absolute atomic E-state index is 14.3. The summed E-state index contributed by atoms with van der Waals surface area (Å²) >= 11 is 0. The number of hydrogen-bond acceptors (Lipinski definition) is 6. The average Bonchev–Trinajstić information content (AvgIpc) is 2.85. The molecule has 2 heterocycles. The first kappa shape index (κ1) is 24.6. The van der Waals surface area contributed by atoms with E-state index in [4.69, 9.17) is 9.47 Å². The van der Waals surface area contributed by atoms with Crippen LogP contribution >= 0.6 is 0 Å². The number of benzene rings is 2. The zero-order valence-corrected chi connectivity index (χ0v) is 18.8. The summed E-state index contributed by atoms with van der Waals surface area (Å²) in [6, 6.07) is 10.5. The number of carbonyl (C=O) groups excluding carboxylic acids is 1. The molecule has 0 atom stereocenters. The van der Waals surface area contributed by atoms with Crippen molar-refractivity contribution in [3.05, 3.63) is 78.1 Å². The Morgan fingerprint density at radius 2 is 1.81 bits per heavy atom. The van der Waals surface area contributed by atoms with Gasteiger partial charge in [0.2, 0.25) is 5.88 Å². The van der Waals surface area contributed by atoms with E-state index >= 15 is 0 Å². The molecular formula is C24H19F4N5O3. The summed E-state index contributed by atoms with van der Waals surface area (Å²) in [7, 11) is 0. The molecule has 0 unspecified atom stereocenters. The molecule has 4 rings (SSSR count). The number of ether oxygens (including phenoxy) is 2. The lowest BCUT2D eigenvalue weighted by Crippen LogP contribution is -2.28. The Labute approximate surface area is 202 Å². The molecule has 0 saturated heterocycles. The van der Waals surface area contributed by atoms with Crippen molar-refractivity contribution in [1.82, 2.24) is 20.3 Å². The van der Waals surface area contributed by atoms with Gasteiger partial charge in [-0.3, -0.25) is 4.98 Å². The van der Waals surface area contributed by atoms with E-state index < -0.39 is 23.7 Å². The van der Waals surface area contributed by atoms with Crippen molar-refractivity contribution in [2.24, 2.45) is 0 Å². The number of nitrogens with zero attached hydrogens (tertiary/aromatic N) is 3. The van der Waals surface area contributed by atoms with Crippen LogP contribution in [0, 0.1) is 5.82 Å². The third-order valence-corrected chi connectivity index (χ3v) is 4.85. The summed E-state index contributed by atoms with van der Waals surface area (Å²) in [5.41, 5.74) is 0.283. The second-order valence-corrected chi connectivity index (χ2v) is 7.40. The highest BCUT2D eigenvalue weighted by atomic mass is 19.4. The van der Waals surface area contributed by atoms with Crippen LogP contribution in [0.2, 0.25) is 0 Å². The van der Waals surface area contributed by atoms with Gasteiger partial charge in [-0.05, 0) is 48.9 Å². The first-order chi connectivity index (χ1) is 17.2. The Hall–Kier alpha value is -4.48. The molecule has 0 aliphatic rings. The van der Waals surface area contributed by atoms with E-state index in [1.54, 1.807) is 31.2 Å². The first-order valence-corrected chi connectivity index (χ1v) is 10.6. The highest BCUT2D eigenvalue weighted by Gasteiger charge is 2.32. The molecule has 12 heteroatoms. The highest BCUT2D eigenvalue weighted by molar-refractivity contribution is 5.89. The molecule has 0 bridgehead atoms. The number of rotatable bonds is 7. The molecule has 2 N–H and O–H groups in total. The van der Waals surface area contributed by atoms with E-state index in [2.05, 4.69) is 25.6 Å². The van der Waals surface area contributed by atoms with Gasteiger partial charge in [-0.2, -0.15) is 13.2 Å². The second-order valence-electron chi connectivity index (χ2n) is 7.40. The van der Waals surface area contributed by atoms with Crippen LogP contribution in [0.4, 0.5) is 28.0 Å². The van der Waals surface area contributed by atoms with Crippen LogP contribution in [0.5, 0.6) is 17.4 Å². The van der Waals surface area contributed by atoms with Crippen molar-refractivity contribution in [3.8, 4) is 17.4 Å². The van der Waals surface area contributed by atoms with Gasteiger partial charge in [0.15, 0.2) is 11.6 Å². The first-order valence-electron chi connectivity index (χ1n) is 10.6. The van der Waals surface area contributed by atoms with Gasteiger partial charge in [-0.15, -0.1) is 0 Å². The van der Waals surface area contributed by atoms with Crippen LogP contribution in [-0.2, 0) is 12.7 Å². The summed E-state index contributed by atoms with van der Waals surface area (Å²) < 4.78 is 63.0. The summed E-state index contributed by atoms with van der Waals surface area (Å²) in [4.78, 5) is 23.7. The second kappa shape index (κ2) is 10.4. The van der Waals surface area contributed by atoms with Crippen LogP contribution < -0.4 is 20.1 Å². The van der Waals surface area contributed by atoms with Crippen molar-refractivity contribution >= 4 is 22.6 Å². The fourth-order valence-electron chi connectivity index (χ4n) is 3.15. The summed E-state index contributed by atoms with van der Waals surface area (Å²) in [5.74, 6) is 0.0382. The number of fused-ring (bicyclic) bond motifs is 1. The summed E-state index contributed by atoms with van der Waals surface area (Å²) in [6.45, 7) is 2.04. The SMILES string of the molecule is CCOc1cc2ncnc(Oc3ccc(NC(=O)NCc4ccc(C(F)(F)F)nc4)cc3)c2cc1F. The van der Waals surface area contributed by atoms with Crippen molar-refractivity contribution in [3.63, 3.8) is 0 Å². The molecule has 2 amide bonds. The third kappa shape index (κ3) is 5.95. The Balaban J connectivity index is 1.36. The molecule has 0 spiro atoms. The van der Waals surface area contributed by atoms with Crippen molar-refractivity contribution in [2.75, 3.05) is 11.9 Å². The zero-order chi connectivity index (χ0) is 25.7. The quantitative estimate of drug-likeness (QED) is 0.316. The zero-order valence-electron chi connectivity index (χ0n) is 18.8. The Morgan fingerprint density at radius 3 is 2.47 bits per heavy atom. The van der Waals surface area contributed by atoms with Gasteiger partial charge in [-0.1, -0.05) is 6.07 Å². The molecule has 0 fully saturated rings. The smallest absolute Gasteiger partial charge is 0.433 e. The minimum Gasteiger partial charge on any atom is -0.491 e.